The number of pyridine rings is 2. The molecule has 11 nitrogen and oxygen atoms in total. The van der Waals surface area contributed by atoms with Crippen LogP contribution in [0.25, 0.3) is 22.3 Å². The summed E-state index contributed by atoms with van der Waals surface area (Å²) in [5.41, 5.74) is 2.21. The summed E-state index contributed by atoms with van der Waals surface area (Å²) in [6.45, 7) is 3.58. The number of hydrogen-bond donors (Lipinski definition) is 2. The quantitative estimate of drug-likeness (QED) is 0.344. The van der Waals surface area contributed by atoms with Crippen molar-refractivity contribution in [1.29, 1.82) is 0 Å². The molecular formula is C24H32N6O5. The van der Waals surface area contributed by atoms with E-state index in [0.29, 0.717) is 49.8 Å². The molecule has 0 radical (unpaired) electrons. The van der Waals surface area contributed by atoms with Crippen LogP contribution in [0, 0.1) is 0 Å². The van der Waals surface area contributed by atoms with Crippen LogP contribution in [0.3, 0.4) is 0 Å². The summed E-state index contributed by atoms with van der Waals surface area (Å²) in [6.07, 6.45) is 4.69. The molecule has 1 amide bonds. The van der Waals surface area contributed by atoms with E-state index in [1.54, 1.807) is 37.2 Å². The van der Waals surface area contributed by atoms with Gasteiger partial charge in [-0.3, -0.25) is 14.2 Å². The minimum Gasteiger partial charge on any atom is -0.481 e. The molecule has 3 heterocycles. The number of aromatic nitrogens is 4. The Kier molecular flexibility index (Phi) is 9.50. The number of aliphatic hydroxyl groups is 1. The molecular weight excluding hydrogens is 452 g/mol. The fourth-order valence-electron chi connectivity index (χ4n) is 3.46. The van der Waals surface area contributed by atoms with Crippen LogP contribution in [0.1, 0.15) is 19.8 Å². The van der Waals surface area contributed by atoms with Crippen LogP contribution in [0.5, 0.6) is 5.88 Å². The monoisotopic (exact) mass is 484 g/mol. The maximum Gasteiger partial charge on any atom is 0.294 e. The number of ether oxygens (including phenoxy) is 2. The zero-order valence-electron chi connectivity index (χ0n) is 20.4. The van der Waals surface area contributed by atoms with Gasteiger partial charge >= 0.3 is 0 Å². The Morgan fingerprint density at radius 1 is 1.20 bits per heavy atom. The smallest absolute Gasteiger partial charge is 0.294 e. The molecule has 3 rings (SSSR count). The Morgan fingerprint density at radius 3 is 2.69 bits per heavy atom. The first kappa shape index (κ1) is 26.0. The van der Waals surface area contributed by atoms with Crippen LogP contribution in [-0.2, 0) is 16.1 Å². The number of hydrogen-bond acceptors (Lipinski definition) is 9. The predicted molar refractivity (Wildman–Crippen MR) is 133 cm³/mol. The summed E-state index contributed by atoms with van der Waals surface area (Å²) in [7, 11) is 3.19. The number of anilines is 1. The van der Waals surface area contributed by atoms with Gasteiger partial charge in [0, 0.05) is 62.9 Å². The van der Waals surface area contributed by atoms with E-state index in [0.717, 1.165) is 17.5 Å². The Bertz CT molecular complexity index is 1180. The van der Waals surface area contributed by atoms with Gasteiger partial charge in [0.05, 0.1) is 25.8 Å². The fraction of sp³-hybridized carbons (Fsp3) is 0.458. The van der Waals surface area contributed by atoms with E-state index in [2.05, 4.69) is 20.3 Å². The molecule has 188 valence electrons. The first-order valence-corrected chi connectivity index (χ1v) is 11.6. The number of fused-ring (bicyclic) bond motifs is 1. The van der Waals surface area contributed by atoms with Gasteiger partial charge in [0.1, 0.15) is 0 Å². The summed E-state index contributed by atoms with van der Waals surface area (Å²) in [6, 6.07) is 5.48. The highest BCUT2D eigenvalue weighted by molar-refractivity contribution is 5.82. The van der Waals surface area contributed by atoms with Crippen molar-refractivity contribution < 1.29 is 19.4 Å². The third-order valence-corrected chi connectivity index (χ3v) is 5.27. The third kappa shape index (κ3) is 6.74. The average Bonchev–Trinajstić information content (AvgIpc) is 2.87. The van der Waals surface area contributed by atoms with Crippen molar-refractivity contribution in [3.05, 3.63) is 40.9 Å². The van der Waals surface area contributed by atoms with Gasteiger partial charge in [-0.25, -0.2) is 15.0 Å². The van der Waals surface area contributed by atoms with Gasteiger partial charge < -0.3 is 24.8 Å². The molecule has 0 unspecified atom stereocenters. The lowest BCUT2D eigenvalue weighted by atomic mass is 10.1. The van der Waals surface area contributed by atoms with Crippen LogP contribution in [0.2, 0.25) is 0 Å². The lowest BCUT2D eigenvalue weighted by Gasteiger charge is -2.20. The van der Waals surface area contributed by atoms with Gasteiger partial charge in [-0.15, -0.1) is 0 Å². The summed E-state index contributed by atoms with van der Waals surface area (Å²) in [5, 5.41) is 11.6. The zero-order chi connectivity index (χ0) is 25.2. The zero-order valence-corrected chi connectivity index (χ0v) is 20.4. The number of methoxy groups -OCH3 is 1. The van der Waals surface area contributed by atoms with E-state index >= 15 is 0 Å². The SMILES string of the molecule is CCCOCCn1c(=O)c(N(C)CC(=O)NCCCO)nc2ncc(-c3ccc(OC)nc3)cc21. The first-order valence-electron chi connectivity index (χ1n) is 11.6. The lowest BCUT2D eigenvalue weighted by Crippen LogP contribution is -2.39. The fourth-order valence-corrected chi connectivity index (χ4v) is 3.46. The van der Waals surface area contributed by atoms with Crippen molar-refractivity contribution in [2.75, 3.05) is 52.0 Å². The van der Waals surface area contributed by atoms with Crippen LogP contribution in [-0.4, -0.2) is 77.6 Å². The van der Waals surface area contributed by atoms with Gasteiger partial charge in [0.2, 0.25) is 11.8 Å². The molecule has 0 aliphatic carbocycles. The van der Waals surface area contributed by atoms with Gasteiger partial charge in [-0.2, -0.15) is 0 Å². The summed E-state index contributed by atoms with van der Waals surface area (Å²) in [5.74, 6) is 0.356. The highest BCUT2D eigenvalue weighted by atomic mass is 16.5. The van der Waals surface area contributed by atoms with E-state index in [1.807, 2.05) is 19.1 Å². The molecule has 0 saturated carbocycles. The van der Waals surface area contributed by atoms with Crippen molar-refractivity contribution in [1.82, 2.24) is 24.8 Å². The number of nitrogens with zero attached hydrogens (tertiary/aromatic N) is 5. The lowest BCUT2D eigenvalue weighted by molar-refractivity contribution is -0.119. The van der Waals surface area contributed by atoms with Crippen LogP contribution in [0.15, 0.2) is 35.4 Å². The Hall–Kier alpha value is -3.57. The second-order valence-corrected chi connectivity index (χ2v) is 7.94. The third-order valence-electron chi connectivity index (χ3n) is 5.27. The Labute approximate surface area is 203 Å². The Balaban J connectivity index is 1.97. The highest BCUT2D eigenvalue weighted by Gasteiger charge is 2.18. The van der Waals surface area contributed by atoms with Crippen molar-refractivity contribution >= 4 is 22.9 Å². The number of nitrogens with one attached hydrogen (secondary N) is 1. The van der Waals surface area contributed by atoms with Crippen molar-refractivity contribution in [3.63, 3.8) is 0 Å². The van der Waals surface area contributed by atoms with Crippen molar-refractivity contribution in [2.45, 2.75) is 26.3 Å². The Morgan fingerprint density at radius 2 is 2.00 bits per heavy atom. The summed E-state index contributed by atoms with van der Waals surface area (Å²) in [4.78, 5) is 40.4. The highest BCUT2D eigenvalue weighted by Crippen LogP contribution is 2.23. The number of carbonyl (C=O) groups excluding carboxylic acids is 1. The minimum atomic E-state index is -0.338. The van der Waals surface area contributed by atoms with E-state index in [1.165, 1.54) is 4.90 Å². The molecule has 11 heteroatoms. The molecule has 0 spiro atoms. The molecule has 0 saturated heterocycles. The standard InChI is InChI=1S/C24H32N6O5/c1-4-11-35-12-9-30-19-13-18(17-6-7-21(34-3)26-14-17)15-27-22(19)28-23(24(30)33)29(2)16-20(32)25-8-5-10-31/h6-7,13-15,31H,4-5,8-12,16H2,1-3H3,(H,25,32). The van der Waals surface area contributed by atoms with E-state index in [9.17, 15) is 9.59 Å². The molecule has 0 bridgehead atoms. The van der Waals surface area contributed by atoms with Crippen LogP contribution < -0.4 is 20.5 Å². The van der Waals surface area contributed by atoms with Gasteiger partial charge in [0.15, 0.2) is 11.5 Å². The second-order valence-electron chi connectivity index (χ2n) is 7.94. The molecule has 0 atom stereocenters. The average molecular weight is 485 g/mol. The topological polar surface area (TPSA) is 132 Å². The maximum absolute atomic E-state index is 13.4. The van der Waals surface area contributed by atoms with E-state index in [-0.39, 0.29) is 30.4 Å². The molecule has 0 aromatic carbocycles. The van der Waals surface area contributed by atoms with Crippen molar-refractivity contribution in [2.24, 2.45) is 0 Å². The first-order chi connectivity index (χ1) is 17.0. The molecule has 3 aromatic rings. The summed E-state index contributed by atoms with van der Waals surface area (Å²) >= 11 is 0. The number of aliphatic hydroxyl groups excluding tert-OH is 1. The van der Waals surface area contributed by atoms with Crippen LogP contribution in [0.4, 0.5) is 5.82 Å². The maximum atomic E-state index is 13.4. The molecule has 0 aliphatic rings. The largest absolute Gasteiger partial charge is 0.481 e. The molecule has 0 fully saturated rings. The normalized spacial score (nSPS) is 11.0. The minimum absolute atomic E-state index is 0.00654. The van der Waals surface area contributed by atoms with Gasteiger partial charge in [-0.1, -0.05) is 6.92 Å². The number of carbonyl (C=O) groups is 1. The van der Waals surface area contributed by atoms with E-state index in [4.69, 9.17) is 14.6 Å². The van der Waals surface area contributed by atoms with Gasteiger partial charge in [0.25, 0.3) is 5.56 Å². The number of likely N-dealkylation sites (N-methyl/N-ethyl adjacent to an activating group) is 1. The molecule has 0 aliphatic heterocycles. The van der Waals surface area contributed by atoms with Crippen molar-refractivity contribution in [3.8, 4) is 17.0 Å². The molecule has 3 aromatic heterocycles. The number of rotatable bonds is 13. The van der Waals surface area contributed by atoms with E-state index < -0.39 is 0 Å². The molecule has 35 heavy (non-hydrogen) atoms. The second kappa shape index (κ2) is 12.8. The predicted octanol–water partition coefficient (Wildman–Crippen LogP) is 1.22. The van der Waals surface area contributed by atoms with Crippen LogP contribution >= 0.6 is 0 Å². The number of amides is 1. The molecule has 2 N–H and O–H groups in total. The van der Waals surface area contributed by atoms with Gasteiger partial charge in [-0.05, 0) is 25.0 Å². The summed E-state index contributed by atoms with van der Waals surface area (Å²) < 4.78 is 12.3.